The molecule has 0 saturated heterocycles. The van der Waals surface area contributed by atoms with Gasteiger partial charge in [-0.15, -0.1) is 0 Å². The van der Waals surface area contributed by atoms with Gasteiger partial charge in [-0.05, 0) is 36.2 Å². The largest absolute Gasteiger partial charge is 0.497 e. The molecule has 0 saturated carbocycles. The van der Waals surface area contributed by atoms with E-state index in [1.54, 1.807) is 26.4 Å². The van der Waals surface area contributed by atoms with Gasteiger partial charge in [-0.25, -0.2) is 0 Å². The molecule has 0 aliphatic carbocycles. The van der Waals surface area contributed by atoms with Crippen LogP contribution in [-0.4, -0.2) is 33.8 Å². The van der Waals surface area contributed by atoms with Crippen molar-refractivity contribution in [3.63, 3.8) is 0 Å². The van der Waals surface area contributed by atoms with Crippen LogP contribution in [0.2, 0.25) is 0 Å². The van der Waals surface area contributed by atoms with Gasteiger partial charge in [-0.1, -0.05) is 0 Å². The second-order valence-electron chi connectivity index (χ2n) is 5.51. The number of amides is 1. The Kier molecular flexibility index (Phi) is 7.22. The van der Waals surface area contributed by atoms with E-state index in [2.05, 4.69) is 10.1 Å². The molecule has 0 fully saturated rings. The van der Waals surface area contributed by atoms with Gasteiger partial charge in [0.25, 0.3) is 0 Å². The van der Waals surface area contributed by atoms with Crippen LogP contribution in [0.25, 0.3) is 0 Å². The van der Waals surface area contributed by atoms with Crippen LogP contribution in [-0.2, 0) is 11.2 Å². The summed E-state index contributed by atoms with van der Waals surface area (Å²) in [6, 6.07) is 9.66. The number of ether oxygens (including phenoxy) is 4. The molecule has 0 aromatic heterocycles. The van der Waals surface area contributed by atoms with E-state index < -0.39 is 6.61 Å². The molecule has 146 valence electrons. The summed E-state index contributed by atoms with van der Waals surface area (Å²) in [6.45, 7) is -2.99. The van der Waals surface area contributed by atoms with Crippen LogP contribution in [0.4, 0.5) is 14.5 Å². The highest BCUT2D eigenvalue weighted by Gasteiger charge is 2.13. The van der Waals surface area contributed by atoms with E-state index in [-0.39, 0.29) is 23.8 Å². The van der Waals surface area contributed by atoms with E-state index in [4.69, 9.17) is 14.2 Å². The number of halogens is 2. The van der Waals surface area contributed by atoms with E-state index in [1.165, 1.54) is 19.2 Å². The highest BCUT2D eigenvalue weighted by molar-refractivity contribution is 5.91. The Morgan fingerprint density at radius 3 is 2.19 bits per heavy atom. The van der Waals surface area contributed by atoms with Crippen molar-refractivity contribution in [1.82, 2.24) is 0 Å². The fourth-order valence-electron chi connectivity index (χ4n) is 2.43. The minimum atomic E-state index is -2.99. The number of nitrogens with one attached hydrogen (secondary N) is 1. The second kappa shape index (κ2) is 9.61. The zero-order valence-electron chi connectivity index (χ0n) is 15.3. The topological polar surface area (TPSA) is 66.0 Å². The fourth-order valence-corrected chi connectivity index (χ4v) is 2.43. The van der Waals surface area contributed by atoms with Gasteiger partial charge >= 0.3 is 6.61 Å². The number of methoxy groups -OCH3 is 3. The average molecular weight is 381 g/mol. The number of carbonyl (C=O) groups excluding carboxylic acids is 1. The van der Waals surface area contributed by atoms with Gasteiger partial charge in [-0.2, -0.15) is 8.78 Å². The molecule has 0 atom stereocenters. The number of hydrogen-bond donors (Lipinski definition) is 1. The second-order valence-corrected chi connectivity index (χ2v) is 5.51. The molecule has 0 aliphatic rings. The van der Waals surface area contributed by atoms with Gasteiger partial charge in [0.05, 0.1) is 21.3 Å². The predicted molar refractivity (Wildman–Crippen MR) is 96.1 cm³/mol. The Hall–Kier alpha value is -3.03. The molecular weight excluding hydrogens is 360 g/mol. The van der Waals surface area contributed by atoms with Crippen LogP contribution in [0.3, 0.4) is 0 Å². The van der Waals surface area contributed by atoms with Crippen LogP contribution in [0, 0.1) is 0 Å². The minimum absolute atomic E-state index is 0.150. The maximum absolute atomic E-state index is 12.5. The lowest BCUT2D eigenvalue weighted by Crippen LogP contribution is -2.13. The number of benzene rings is 2. The first-order valence-corrected chi connectivity index (χ1v) is 8.09. The lowest BCUT2D eigenvalue weighted by atomic mass is 10.1. The van der Waals surface area contributed by atoms with Crippen molar-refractivity contribution >= 4 is 11.6 Å². The number of anilines is 1. The third-order valence-electron chi connectivity index (χ3n) is 3.72. The maximum atomic E-state index is 12.5. The summed E-state index contributed by atoms with van der Waals surface area (Å²) < 4.78 is 44.7. The molecule has 0 unspecified atom stereocenters. The number of alkyl halides is 2. The molecular formula is C19H21F2NO5. The van der Waals surface area contributed by atoms with Crippen LogP contribution < -0.4 is 24.3 Å². The van der Waals surface area contributed by atoms with Gasteiger partial charge in [-0.3, -0.25) is 4.79 Å². The summed E-state index contributed by atoms with van der Waals surface area (Å²) >= 11 is 0. The standard InChI is InChI=1S/C19H21F2NO5/c1-24-14-8-12(9-15(11-14)25-2)4-7-18(23)22-13-5-6-16(26-3)17(10-13)27-19(20)21/h5-6,8-11,19H,4,7H2,1-3H3,(H,22,23). The van der Waals surface area contributed by atoms with Gasteiger partial charge in [0.2, 0.25) is 5.91 Å². The lowest BCUT2D eigenvalue weighted by molar-refractivity contribution is -0.116. The Morgan fingerprint density at radius 2 is 1.63 bits per heavy atom. The summed E-state index contributed by atoms with van der Waals surface area (Å²) in [7, 11) is 4.44. The van der Waals surface area contributed by atoms with Crippen molar-refractivity contribution in [1.29, 1.82) is 0 Å². The van der Waals surface area contributed by atoms with E-state index in [1.807, 2.05) is 12.1 Å². The van der Waals surface area contributed by atoms with Gasteiger partial charge < -0.3 is 24.3 Å². The molecule has 1 amide bonds. The molecule has 2 aromatic rings. The summed E-state index contributed by atoms with van der Waals surface area (Å²) in [5.41, 5.74) is 1.21. The number of aryl methyl sites for hydroxylation is 1. The molecule has 0 aliphatic heterocycles. The van der Waals surface area contributed by atoms with Gasteiger partial charge in [0.15, 0.2) is 11.5 Å². The first kappa shape index (κ1) is 20.3. The Labute approximate surface area is 156 Å². The van der Waals surface area contributed by atoms with E-state index >= 15 is 0 Å². The minimum Gasteiger partial charge on any atom is -0.497 e. The quantitative estimate of drug-likeness (QED) is 0.714. The fraction of sp³-hybridized carbons (Fsp3) is 0.316. The smallest absolute Gasteiger partial charge is 0.387 e. The number of hydrogen-bond acceptors (Lipinski definition) is 5. The summed E-state index contributed by atoms with van der Waals surface area (Å²) in [5.74, 6) is 0.993. The first-order valence-electron chi connectivity index (χ1n) is 8.09. The van der Waals surface area contributed by atoms with Gasteiger partial charge in [0.1, 0.15) is 11.5 Å². The number of carbonyl (C=O) groups is 1. The van der Waals surface area contributed by atoms with Crippen molar-refractivity contribution in [2.24, 2.45) is 0 Å². The van der Waals surface area contributed by atoms with Gasteiger partial charge in [0, 0.05) is 24.2 Å². The molecule has 0 heterocycles. The van der Waals surface area contributed by atoms with Crippen molar-refractivity contribution in [3.05, 3.63) is 42.0 Å². The van der Waals surface area contributed by atoms with Crippen LogP contribution in [0.15, 0.2) is 36.4 Å². The highest BCUT2D eigenvalue weighted by atomic mass is 19.3. The highest BCUT2D eigenvalue weighted by Crippen LogP contribution is 2.31. The Morgan fingerprint density at radius 1 is 0.963 bits per heavy atom. The van der Waals surface area contributed by atoms with Crippen molar-refractivity contribution in [2.45, 2.75) is 19.5 Å². The van der Waals surface area contributed by atoms with E-state index in [0.29, 0.717) is 23.6 Å². The molecule has 0 bridgehead atoms. The van der Waals surface area contributed by atoms with E-state index in [0.717, 1.165) is 5.56 Å². The monoisotopic (exact) mass is 381 g/mol. The average Bonchev–Trinajstić information content (AvgIpc) is 2.65. The zero-order valence-corrected chi connectivity index (χ0v) is 15.3. The Balaban J connectivity index is 2.01. The molecule has 8 heteroatoms. The third kappa shape index (κ3) is 6.02. The zero-order chi connectivity index (χ0) is 19.8. The normalized spacial score (nSPS) is 10.4. The summed E-state index contributed by atoms with van der Waals surface area (Å²) in [4.78, 5) is 12.2. The third-order valence-corrected chi connectivity index (χ3v) is 3.72. The molecule has 0 spiro atoms. The SMILES string of the molecule is COc1cc(CCC(=O)Nc2ccc(OC)c(OC(F)F)c2)cc(OC)c1. The van der Waals surface area contributed by atoms with Crippen molar-refractivity contribution in [2.75, 3.05) is 26.6 Å². The van der Waals surface area contributed by atoms with Crippen LogP contribution >= 0.6 is 0 Å². The molecule has 2 rings (SSSR count). The first-order chi connectivity index (χ1) is 12.9. The predicted octanol–water partition coefficient (Wildman–Crippen LogP) is 3.89. The van der Waals surface area contributed by atoms with Crippen molar-refractivity contribution < 1.29 is 32.5 Å². The van der Waals surface area contributed by atoms with Crippen molar-refractivity contribution in [3.8, 4) is 23.0 Å². The van der Waals surface area contributed by atoms with Crippen LogP contribution in [0.1, 0.15) is 12.0 Å². The molecule has 1 N–H and O–H groups in total. The molecule has 27 heavy (non-hydrogen) atoms. The van der Waals surface area contributed by atoms with Crippen LogP contribution in [0.5, 0.6) is 23.0 Å². The Bertz CT molecular complexity index is 760. The molecule has 2 aromatic carbocycles. The lowest BCUT2D eigenvalue weighted by Gasteiger charge is -2.12. The molecule has 6 nitrogen and oxygen atoms in total. The maximum Gasteiger partial charge on any atom is 0.387 e. The molecule has 0 radical (unpaired) electrons. The summed E-state index contributed by atoms with van der Waals surface area (Å²) in [6.07, 6.45) is 0.642. The summed E-state index contributed by atoms with van der Waals surface area (Å²) in [5, 5.41) is 2.65. The number of rotatable bonds is 9. The van der Waals surface area contributed by atoms with E-state index in [9.17, 15) is 13.6 Å².